The number of phosphoric acid groups is 1. The number of ether oxygens (including phenoxy) is 1. The van der Waals surface area contributed by atoms with Crippen molar-refractivity contribution in [2.75, 3.05) is 12.3 Å². The fourth-order valence-electron chi connectivity index (χ4n) is 3.02. The molecule has 0 unspecified atom stereocenters. The molecule has 0 aromatic carbocycles. The lowest BCUT2D eigenvalue weighted by Crippen LogP contribution is -2.44. The quantitative estimate of drug-likeness (QED) is 0.153. The summed E-state index contributed by atoms with van der Waals surface area (Å²) in [6.07, 6.45) is -0.274. The van der Waals surface area contributed by atoms with Gasteiger partial charge in [0.05, 0.1) is 18.2 Å². The van der Waals surface area contributed by atoms with Crippen molar-refractivity contribution in [3.05, 3.63) is 18.1 Å². The molecule has 1 saturated heterocycles. The highest BCUT2D eigenvalue weighted by Gasteiger charge is 2.54. The molecular weight excluding hydrogens is 385 g/mol. The van der Waals surface area contributed by atoms with Crippen LogP contribution in [-0.2, 0) is 13.8 Å². The summed E-state index contributed by atoms with van der Waals surface area (Å²) in [4.78, 5) is 25.6. The van der Waals surface area contributed by atoms with Gasteiger partial charge in [0.1, 0.15) is 35.6 Å². The Labute approximate surface area is 151 Å². The normalized spacial score (nSPS) is 29.1. The SMILES string of the molecule is C[C@@]1(O)[C@H](O)[C@@H](COP(=O)(O)O)O[C@H]1n1cc(/C=N/O)c2c(N)ncnc21. The number of aliphatic hydroxyl groups excluding tert-OH is 1. The van der Waals surface area contributed by atoms with Crippen molar-refractivity contribution in [1.29, 1.82) is 0 Å². The van der Waals surface area contributed by atoms with E-state index in [4.69, 9.17) is 25.5 Å². The summed E-state index contributed by atoms with van der Waals surface area (Å²) < 4.78 is 22.2. The number of phosphoric ester groups is 1. The lowest BCUT2D eigenvalue weighted by atomic mass is 9.96. The van der Waals surface area contributed by atoms with Crippen LogP contribution in [0.15, 0.2) is 17.7 Å². The summed E-state index contributed by atoms with van der Waals surface area (Å²) in [6, 6.07) is 0. The number of aliphatic hydroxyl groups is 2. The number of nitrogens with zero attached hydrogens (tertiary/aromatic N) is 4. The van der Waals surface area contributed by atoms with Gasteiger partial charge in [0.2, 0.25) is 0 Å². The molecule has 3 heterocycles. The predicted molar refractivity (Wildman–Crippen MR) is 89.9 cm³/mol. The summed E-state index contributed by atoms with van der Waals surface area (Å²) in [5.41, 5.74) is 4.53. The number of fused-ring (bicyclic) bond motifs is 1. The highest BCUT2D eigenvalue weighted by Crippen LogP contribution is 2.43. The topological polar surface area (TPSA) is 206 Å². The van der Waals surface area contributed by atoms with E-state index in [0.29, 0.717) is 10.9 Å². The van der Waals surface area contributed by atoms with Crippen molar-refractivity contribution < 1.29 is 39.0 Å². The molecule has 148 valence electrons. The zero-order valence-corrected chi connectivity index (χ0v) is 14.8. The molecule has 7 N–H and O–H groups in total. The Balaban J connectivity index is 2.03. The third-order valence-electron chi connectivity index (χ3n) is 4.28. The number of nitrogens with two attached hydrogens (primary N) is 1. The Morgan fingerprint density at radius 3 is 2.85 bits per heavy atom. The standard InChI is InChI=1S/C13H18N5O8P/c1-13(20)9(19)7(4-25-27(22,23)24)26-12(13)18-3-6(2-17-21)8-10(14)15-5-16-11(8)18/h2-3,5,7,9,12,19-21H,4H2,1H3,(H2,14,15,16)(H2,22,23,24)/b17-2+/t7-,9-,12-,13-/m1/s1. The van der Waals surface area contributed by atoms with E-state index >= 15 is 0 Å². The summed E-state index contributed by atoms with van der Waals surface area (Å²) in [5, 5.41) is 33.2. The van der Waals surface area contributed by atoms with E-state index in [1.165, 1.54) is 24.0 Å². The molecular formula is C13H18N5O8P. The molecule has 13 nitrogen and oxygen atoms in total. The lowest BCUT2D eigenvalue weighted by molar-refractivity contribution is -0.0947. The number of nitrogen functional groups attached to an aromatic ring is 1. The molecule has 0 amide bonds. The van der Waals surface area contributed by atoms with Crippen LogP contribution in [0.4, 0.5) is 5.82 Å². The van der Waals surface area contributed by atoms with E-state index in [2.05, 4.69) is 19.6 Å². The number of anilines is 1. The summed E-state index contributed by atoms with van der Waals surface area (Å²) >= 11 is 0. The second-order valence-corrected chi connectivity index (χ2v) is 7.42. The second kappa shape index (κ2) is 6.80. The number of oxime groups is 1. The average molecular weight is 403 g/mol. The van der Waals surface area contributed by atoms with Gasteiger partial charge >= 0.3 is 7.82 Å². The van der Waals surface area contributed by atoms with E-state index in [1.807, 2.05) is 0 Å². The Morgan fingerprint density at radius 2 is 2.22 bits per heavy atom. The van der Waals surface area contributed by atoms with Gasteiger partial charge in [-0.15, -0.1) is 0 Å². The van der Waals surface area contributed by atoms with Crippen LogP contribution < -0.4 is 5.73 Å². The van der Waals surface area contributed by atoms with Crippen molar-refractivity contribution in [2.24, 2.45) is 5.16 Å². The van der Waals surface area contributed by atoms with Gasteiger partial charge < -0.3 is 40.2 Å². The molecule has 0 saturated carbocycles. The molecule has 2 aromatic heterocycles. The Bertz CT molecular complexity index is 925. The van der Waals surface area contributed by atoms with Crippen LogP contribution in [-0.4, -0.2) is 70.4 Å². The van der Waals surface area contributed by atoms with E-state index < -0.39 is 38.5 Å². The molecule has 3 rings (SSSR count). The molecule has 1 fully saturated rings. The molecule has 14 heteroatoms. The average Bonchev–Trinajstić information content (AvgIpc) is 3.03. The Kier molecular flexibility index (Phi) is 4.94. The number of hydrogen-bond acceptors (Lipinski definition) is 10. The van der Waals surface area contributed by atoms with E-state index in [1.54, 1.807) is 0 Å². The predicted octanol–water partition coefficient (Wildman–Crippen LogP) is -1.06. The van der Waals surface area contributed by atoms with E-state index in [-0.39, 0.29) is 11.5 Å². The zero-order valence-electron chi connectivity index (χ0n) is 13.9. The van der Waals surface area contributed by atoms with E-state index in [9.17, 15) is 14.8 Å². The van der Waals surface area contributed by atoms with Gasteiger partial charge in [-0.25, -0.2) is 14.5 Å². The van der Waals surface area contributed by atoms with Gasteiger partial charge in [-0.3, -0.25) is 4.52 Å². The molecule has 0 spiro atoms. The van der Waals surface area contributed by atoms with Gasteiger partial charge in [-0.2, -0.15) is 0 Å². The molecule has 0 aliphatic carbocycles. The van der Waals surface area contributed by atoms with E-state index in [0.717, 1.165) is 6.21 Å². The highest BCUT2D eigenvalue weighted by molar-refractivity contribution is 7.46. The number of aromatic nitrogens is 3. The smallest absolute Gasteiger partial charge is 0.411 e. The third kappa shape index (κ3) is 3.53. The van der Waals surface area contributed by atoms with Crippen LogP contribution in [0.1, 0.15) is 18.7 Å². The minimum atomic E-state index is -4.79. The molecule has 27 heavy (non-hydrogen) atoms. The monoisotopic (exact) mass is 403 g/mol. The minimum absolute atomic E-state index is 0.0909. The highest BCUT2D eigenvalue weighted by atomic mass is 31.2. The third-order valence-corrected chi connectivity index (χ3v) is 4.76. The molecule has 1 aliphatic rings. The summed E-state index contributed by atoms with van der Waals surface area (Å²) in [7, 11) is -4.79. The van der Waals surface area contributed by atoms with Crippen LogP contribution in [0.3, 0.4) is 0 Å². The summed E-state index contributed by atoms with van der Waals surface area (Å²) in [6.45, 7) is 0.634. The Hall–Kier alpha value is -2.12. The maximum atomic E-state index is 10.9. The van der Waals surface area contributed by atoms with Gasteiger partial charge in [0.15, 0.2) is 6.23 Å². The first-order valence-electron chi connectivity index (χ1n) is 7.60. The fraction of sp³-hybridized carbons (Fsp3) is 0.462. The number of rotatable bonds is 5. The molecule has 1 aliphatic heterocycles. The molecule has 0 radical (unpaired) electrons. The maximum absolute atomic E-state index is 10.9. The van der Waals surface area contributed by atoms with Crippen LogP contribution >= 0.6 is 7.82 Å². The zero-order chi connectivity index (χ0) is 20.0. The largest absolute Gasteiger partial charge is 0.469 e. The van der Waals surface area contributed by atoms with Gasteiger partial charge in [-0.1, -0.05) is 5.16 Å². The van der Waals surface area contributed by atoms with Gasteiger partial charge in [0, 0.05) is 11.8 Å². The molecule has 0 bridgehead atoms. The first kappa shape index (κ1) is 19.6. The van der Waals surface area contributed by atoms with Crippen LogP contribution in [0.5, 0.6) is 0 Å². The first-order chi connectivity index (χ1) is 12.6. The minimum Gasteiger partial charge on any atom is -0.411 e. The number of hydrogen-bond donors (Lipinski definition) is 6. The summed E-state index contributed by atoms with van der Waals surface area (Å²) in [5.74, 6) is 0.0909. The van der Waals surface area contributed by atoms with Gasteiger partial charge in [-0.05, 0) is 6.92 Å². The van der Waals surface area contributed by atoms with Crippen molar-refractivity contribution >= 4 is 30.9 Å². The van der Waals surface area contributed by atoms with Crippen LogP contribution in [0, 0.1) is 0 Å². The first-order valence-corrected chi connectivity index (χ1v) is 9.13. The lowest BCUT2D eigenvalue weighted by Gasteiger charge is -2.27. The fourth-order valence-corrected chi connectivity index (χ4v) is 3.37. The van der Waals surface area contributed by atoms with Gasteiger partial charge in [0.25, 0.3) is 0 Å². The van der Waals surface area contributed by atoms with Crippen molar-refractivity contribution in [3.63, 3.8) is 0 Å². The Morgan fingerprint density at radius 1 is 1.52 bits per heavy atom. The molecule has 4 atom stereocenters. The molecule has 2 aromatic rings. The van der Waals surface area contributed by atoms with Crippen LogP contribution in [0.25, 0.3) is 11.0 Å². The maximum Gasteiger partial charge on any atom is 0.469 e. The second-order valence-electron chi connectivity index (χ2n) is 6.18. The van der Waals surface area contributed by atoms with Crippen LogP contribution in [0.2, 0.25) is 0 Å². The van der Waals surface area contributed by atoms with Crippen molar-refractivity contribution in [3.8, 4) is 0 Å². The van der Waals surface area contributed by atoms with Crippen molar-refractivity contribution in [2.45, 2.75) is 31.0 Å². The van der Waals surface area contributed by atoms with Crippen molar-refractivity contribution in [1.82, 2.24) is 14.5 Å².